The monoisotopic (exact) mass is 488 g/mol. The lowest BCUT2D eigenvalue weighted by Crippen LogP contribution is -2.44. The van der Waals surface area contributed by atoms with Gasteiger partial charge in [0.2, 0.25) is 5.91 Å². The highest BCUT2D eigenvalue weighted by atomic mass is 16.5. The zero-order valence-electron chi connectivity index (χ0n) is 21.0. The van der Waals surface area contributed by atoms with E-state index in [1.54, 1.807) is 0 Å². The van der Waals surface area contributed by atoms with E-state index in [9.17, 15) is 9.59 Å². The molecule has 3 amide bonds. The molecule has 1 aliphatic heterocycles. The van der Waals surface area contributed by atoms with Crippen molar-refractivity contribution in [3.05, 3.63) is 53.6 Å². The summed E-state index contributed by atoms with van der Waals surface area (Å²) in [5.74, 6) is 1.17. The minimum absolute atomic E-state index is 0.00253. The molecule has 3 aliphatic carbocycles. The van der Waals surface area contributed by atoms with Crippen LogP contribution in [-0.4, -0.2) is 30.6 Å². The van der Waals surface area contributed by atoms with Crippen molar-refractivity contribution in [1.82, 2.24) is 10.6 Å². The molecule has 190 valence electrons. The van der Waals surface area contributed by atoms with Gasteiger partial charge in [0, 0.05) is 41.0 Å². The van der Waals surface area contributed by atoms with E-state index >= 15 is 0 Å². The van der Waals surface area contributed by atoms with Crippen molar-refractivity contribution in [2.24, 2.45) is 5.92 Å². The summed E-state index contributed by atoms with van der Waals surface area (Å²) in [6.07, 6.45) is 8.80. The molecular formula is C29H36N4O3. The number of amides is 3. The highest BCUT2D eigenvalue weighted by Crippen LogP contribution is 2.52. The molecule has 4 aliphatic rings. The molecule has 3 fully saturated rings. The Labute approximate surface area is 213 Å². The summed E-state index contributed by atoms with van der Waals surface area (Å²) in [5, 5.41) is 9.41. The summed E-state index contributed by atoms with van der Waals surface area (Å²) in [7, 11) is 0. The van der Waals surface area contributed by atoms with Crippen LogP contribution in [-0.2, 0) is 4.79 Å². The Hall–Kier alpha value is -3.22. The van der Waals surface area contributed by atoms with Crippen molar-refractivity contribution >= 4 is 23.3 Å². The fraction of sp³-hybridized carbons (Fsp3) is 0.517. The molecule has 2 atom stereocenters. The predicted octanol–water partition coefficient (Wildman–Crippen LogP) is 5.44. The van der Waals surface area contributed by atoms with Gasteiger partial charge < -0.3 is 25.6 Å². The van der Waals surface area contributed by atoms with Gasteiger partial charge in [-0.2, -0.15) is 0 Å². The number of ether oxygens (including phenoxy) is 1. The first-order valence-corrected chi connectivity index (χ1v) is 13.6. The highest BCUT2D eigenvalue weighted by Gasteiger charge is 2.46. The number of nitrogens with zero attached hydrogens (tertiary/aromatic N) is 1. The number of anilines is 2. The Morgan fingerprint density at radius 1 is 0.944 bits per heavy atom. The number of urea groups is 1. The van der Waals surface area contributed by atoms with Crippen LogP contribution in [0, 0.1) is 5.92 Å². The quantitative estimate of drug-likeness (QED) is 0.462. The van der Waals surface area contributed by atoms with Crippen LogP contribution in [0.2, 0.25) is 0 Å². The van der Waals surface area contributed by atoms with Gasteiger partial charge in [0.15, 0.2) is 0 Å². The third-order valence-corrected chi connectivity index (χ3v) is 8.21. The highest BCUT2D eigenvalue weighted by molar-refractivity contribution is 5.89. The lowest BCUT2D eigenvalue weighted by Gasteiger charge is -2.42. The van der Waals surface area contributed by atoms with E-state index in [0.717, 1.165) is 61.1 Å². The first-order chi connectivity index (χ1) is 17.6. The SMILES string of the molecule is CCOc1ccc2c(c1)N(C1CCC1)C(c1ccc(NC(=O)NC3CCC3)cc1)C2NC(=O)C1CC1. The Morgan fingerprint density at radius 3 is 2.31 bits per heavy atom. The summed E-state index contributed by atoms with van der Waals surface area (Å²) in [5.41, 5.74) is 4.24. The van der Waals surface area contributed by atoms with Crippen LogP contribution in [0.15, 0.2) is 42.5 Å². The van der Waals surface area contributed by atoms with E-state index in [1.807, 2.05) is 25.1 Å². The smallest absolute Gasteiger partial charge is 0.319 e. The molecular weight excluding hydrogens is 452 g/mol. The molecule has 0 saturated heterocycles. The van der Waals surface area contributed by atoms with E-state index in [0.29, 0.717) is 18.7 Å². The average molecular weight is 489 g/mol. The van der Waals surface area contributed by atoms with Crippen LogP contribution >= 0.6 is 0 Å². The van der Waals surface area contributed by atoms with Crippen molar-refractivity contribution < 1.29 is 14.3 Å². The summed E-state index contributed by atoms with van der Waals surface area (Å²) < 4.78 is 5.85. The van der Waals surface area contributed by atoms with Gasteiger partial charge in [-0.25, -0.2) is 4.79 Å². The van der Waals surface area contributed by atoms with Crippen LogP contribution in [0.5, 0.6) is 5.75 Å². The molecule has 0 radical (unpaired) electrons. The maximum absolute atomic E-state index is 13.0. The van der Waals surface area contributed by atoms with Gasteiger partial charge in [0.05, 0.1) is 18.7 Å². The maximum atomic E-state index is 13.0. The number of benzene rings is 2. The molecule has 7 heteroatoms. The fourth-order valence-electron chi connectivity index (χ4n) is 5.63. The standard InChI is InChI=1S/C29H36N4O3/c1-2-36-23-15-16-24-25(17-23)33(22-7-4-8-22)27(26(24)32-28(34)19-9-10-19)18-11-13-21(14-12-18)31-29(35)30-20-5-3-6-20/h11-17,19-20,22,26-27H,2-10H2,1H3,(H,32,34)(H2,30,31,35). The molecule has 2 unspecified atom stereocenters. The van der Waals surface area contributed by atoms with E-state index in [4.69, 9.17) is 4.74 Å². The molecule has 2 aromatic rings. The van der Waals surface area contributed by atoms with Gasteiger partial charge in [0.1, 0.15) is 5.75 Å². The first kappa shape index (κ1) is 23.2. The molecule has 36 heavy (non-hydrogen) atoms. The minimum Gasteiger partial charge on any atom is -0.494 e. The summed E-state index contributed by atoms with van der Waals surface area (Å²) >= 11 is 0. The number of fused-ring (bicyclic) bond motifs is 1. The van der Waals surface area contributed by atoms with Gasteiger partial charge in [-0.05, 0) is 82.1 Å². The minimum atomic E-state index is -0.144. The lowest BCUT2D eigenvalue weighted by atomic mass is 9.89. The van der Waals surface area contributed by atoms with Crippen molar-refractivity contribution in [3.8, 4) is 5.75 Å². The number of nitrogens with one attached hydrogen (secondary N) is 3. The van der Waals surface area contributed by atoms with E-state index in [2.05, 4.69) is 45.1 Å². The summed E-state index contributed by atoms with van der Waals surface area (Å²) in [6.45, 7) is 2.62. The van der Waals surface area contributed by atoms with E-state index in [1.165, 1.54) is 18.5 Å². The molecule has 7 nitrogen and oxygen atoms in total. The number of carbonyl (C=O) groups is 2. The van der Waals surface area contributed by atoms with Crippen LogP contribution in [0.3, 0.4) is 0 Å². The second-order valence-corrected chi connectivity index (χ2v) is 10.7. The average Bonchev–Trinajstić information content (AvgIpc) is 3.62. The molecule has 0 aromatic heterocycles. The Morgan fingerprint density at radius 2 is 1.69 bits per heavy atom. The third kappa shape index (κ3) is 4.51. The van der Waals surface area contributed by atoms with Crippen LogP contribution in [0.1, 0.15) is 81.5 Å². The predicted molar refractivity (Wildman–Crippen MR) is 140 cm³/mol. The largest absolute Gasteiger partial charge is 0.494 e. The topological polar surface area (TPSA) is 82.7 Å². The zero-order valence-corrected chi connectivity index (χ0v) is 21.0. The van der Waals surface area contributed by atoms with Crippen LogP contribution < -0.4 is 25.6 Å². The summed E-state index contributed by atoms with van der Waals surface area (Å²) in [6, 6.07) is 14.9. The van der Waals surface area contributed by atoms with Crippen molar-refractivity contribution in [3.63, 3.8) is 0 Å². The Bertz CT molecular complexity index is 1120. The van der Waals surface area contributed by atoms with E-state index < -0.39 is 0 Å². The van der Waals surface area contributed by atoms with Gasteiger partial charge in [0.25, 0.3) is 0 Å². The fourth-order valence-corrected chi connectivity index (χ4v) is 5.63. The van der Waals surface area contributed by atoms with Crippen LogP contribution in [0.25, 0.3) is 0 Å². The molecule has 3 saturated carbocycles. The number of carbonyl (C=O) groups excluding carboxylic acids is 2. The van der Waals surface area contributed by atoms with E-state index in [-0.39, 0.29) is 29.9 Å². The third-order valence-electron chi connectivity index (χ3n) is 8.21. The van der Waals surface area contributed by atoms with Crippen molar-refractivity contribution in [2.45, 2.75) is 82.5 Å². The van der Waals surface area contributed by atoms with Crippen molar-refractivity contribution in [1.29, 1.82) is 0 Å². The van der Waals surface area contributed by atoms with Gasteiger partial charge in [-0.1, -0.05) is 18.2 Å². The normalized spacial score (nSPS) is 23.3. The summed E-state index contributed by atoms with van der Waals surface area (Å²) in [4.78, 5) is 27.8. The van der Waals surface area contributed by atoms with Gasteiger partial charge >= 0.3 is 6.03 Å². The molecule has 6 rings (SSSR count). The molecule has 0 bridgehead atoms. The van der Waals surface area contributed by atoms with Crippen molar-refractivity contribution in [2.75, 3.05) is 16.8 Å². The van der Waals surface area contributed by atoms with Gasteiger partial charge in [-0.15, -0.1) is 0 Å². The molecule has 0 spiro atoms. The lowest BCUT2D eigenvalue weighted by molar-refractivity contribution is -0.123. The van der Waals surface area contributed by atoms with Crippen LogP contribution in [0.4, 0.5) is 16.2 Å². The number of rotatable bonds is 8. The van der Waals surface area contributed by atoms with Gasteiger partial charge in [-0.3, -0.25) is 4.79 Å². The second-order valence-electron chi connectivity index (χ2n) is 10.7. The molecule has 3 N–H and O–H groups in total. The Balaban J connectivity index is 1.30. The zero-order chi connectivity index (χ0) is 24.6. The number of hydrogen-bond donors (Lipinski definition) is 3. The number of hydrogen-bond acceptors (Lipinski definition) is 4. The second kappa shape index (κ2) is 9.68. The first-order valence-electron chi connectivity index (χ1n) is 13.6. The maximum Gasteiger partial charge on any atom is 0.319 e. The molecule has 2 aromatic carbocycles. The molecule has 1 heterocycles. The Kier molecular flexibility index (Phi) is 6.23.